The molecule has 0 aromatic heterocycles. The molecule has 7 heteroatoms. The number of hydrogen-bond acceptors (Lipinski definition) is 4. The second-order valence-electron chi connectivity index (χ2n) is 6.56. The maximum absolute atomic E-state index is 12.4. The molecular formula is C18H23ClN2O4. The fraction of sp³-hybridized carbons (Fsp3) is 0.556. The number of nitrogens with one attached hydrogen (secondary N) is 1. The molecule has 2 atom stereocenters. The molecule has 2 unspecified atom stereocenters. The zero-order chi connectivity index (χ0) is 18.0. The predicted molar refractivity (Wildman–Crippen MR) is 95.2 cm³/mol. The van der Waals surface area contributed by atoms with E-state index in [1.165, 1.54) is 7.11 Å². The monoisotopic (exact) mass is 366 g/mol. The van der Waals surface area contributed by atoms with Gasteiger partial charge in [0.05, 0.1) is 24.8 Å². The van der Waals surface area contributed by atoms with Gasteiger partial charge in [-0.25, -0.2) is 0 Å². The summed E-state index contributed by atoms with van der Waals surface area (Å²) < 4.78 is 10.9. The van der Waals surface area contributed by atoms with Crippen LogP contribution in [0.2, 0.25) is 5.02 Å². The van der Waals surface area contributed by atoms with Crippen LogP contribution >= 0.6 is 11.6 Å². The highest BCUT2D eigenvalue weighted by atomic mass is 35.5. The molecule has 136 valence electrons. The minimum Gasteiger partial charge on any atom is -0.495 e. The van der Waals surface area contributed by atoms with Crippen LogP contribution in [-0.2, 0) is 14.3 Å². The lowest BCUT2D eigenvalue weighted by atomic mass is 10.1. The van der Waals surface area contributed by atoms with E-state index in [1.807, 2.05) is 13.0 Å². The van der Waals surface area contributed by atoms with E-state index >= 15 is 0 Å². The molecule has 2 heterocycles. The fourth-order valence-electron chi connectivity index (χ4n) is 3.30. The Morgan fingerprint density at radius 3 is 2.96 bits per heavy atom. The molecular weight excluding hydrogens is 344 g/mol. The maximum atomic E-state index is 12.4. The van der Waals surface area contributed by atoms with E-state index in [4.69, 9.17) is 21.1 Å². The van der Waals surface area contributed by atoms with Crippen molar-refractivity contribution >= 4 is 29.1 Å². The van der Waals surface area contributed by atoms with E-state index in [0.29, 0.717) is 29.5 Å². The summed E-state index contributed by atoms with van der Waals surface area (Å²) in [6.45, 7) is 3.48. The minimum absolute atomic E-state index is 0.0858. The van der Waals surface area contributed by atoms with Crippen LogP contribution in [0.25, 0.3) is 0 Å². The van der Waals surface area contributed by atoms with Crippen molar-refractivity contribution in [2.75, 3.05) is 31.7 Å². The van der Waals surface area contributed by atoms with Crippen LogP contribution in [-0.4, -0.2) is 44.7 Å². The highest BCUT2D eigenvalue weighted by Gasteiger charge is 2.36. The molecule has 0 saturated carbocycles. The quantitative estimate of drug-likeness (QED) is 0.868. The van der Waals surface area contributed by atoms with Crippen molar-refractivity contribution in [2.45, 2.75) is 32.3 Å². The Morgan fingerprint density at radius 1 is 1.48 bits per heavy atom. The van der Waals surface area contributed by atoms with Crippen molar-refractivity contribution in [3.63, 3.8) is 0 Å². The third-order valence-corrected chi connectivity index (χ3v) is 5.18. The Labute approximate surface area is 152 Å². The van der Waals surface area contributed by atoms with Gasteiger partial charge in [-0.3, -0.25) is 9.59 Å². The highest BCUT2D eigenvalue weighted by molar-refractivity contribution is 6.31. The molecule has 3 rings (SSSR count). The first-order valence-electron chi connectivity index (χ1n) is 8.53. The normalized spacial score (nSPS) is 23.2. The third kappa shape index (κ3) is 3.90. The van der Waals surface area contributed by atoms with Crippen LogP contribution in [0.15, 0.2) is 12.1 Å². The van der Waals surface area contributed by atoms with Crippen molar-refractivity contribution in [3.8, 4) is 5.75 Å². The highest BCUT2D eigenvalue weighted by Crippen LogP contribution is 2.37. The van der Waals surface area contributed by atoms with Gasteiger partial charge in [-0.2, -0.15) is 0 Å². The topological polar surface area (TPSA) is 67.9 Å². The number of carbonyl (C=O) groups is 2. The molecule has 0 radical (unpaired) electrons. The molecule has 6 nitrogen and oxygen atoms in total. The van der Waals surface area contributed by atoms with Gasteiger partial charge in [-0.05, 0) is 31.4 Å². The number of anilines is 1. The van der Waals surface area contributed by atoms with Crippen LogP contribution in [0.3, 0.4) is 0 Å². The zero-order valence-corrected chi connectivity index (χ0v) is 15.3. The van der Waals surface area contributed by atoms with Gasteiger partial charge in [0, 0.05) is 37.2 Å². The number of ether oxygens (including phenoxy) is 2. The van der Waals surface area contributed by atoms with Gasteiger partial charge in [-0.1, -0.05) is 11.6 Å². The van der Waals surface area contributed by atoms with Crippen molar-refractivity contribution < 1.29 is 19.1 Å². The standard InChI is InChI=1S/C18H23ClN2O4/c1-11-6-15(16(24-2)8-14(11)19)21-10-12(7-17(21)22)18(23)20-9-13-4-3-5-25-13/h6,8,12-13H,3-5,7,9-10H2,1-2H3,(H,20,23). The average molecular weight is 367 g/mol. The lowest BCUT2D eigenvalue weighted by molar-refractivity contribution is -0.126. The molecule has 2 amide bonds. The van der Waals surface area contributed by atoms with E-state index in [1.54, 1.807) is 11.0 Å². The Morgan fingerprint density at radius 2 is 2.28 bits per heavy atom. The van der Waals surface area contributed by atoms with Crippen LogP contribution in [0.4, 0.5) is 5.69 Å². The Bertz CT molecular complexity index is 673. The van der Waals surface area contributed by atoms with Gasteiger partial charge in [-0.15, -0.1) is 0 Å². The van der Waals surface area contributed by atoms with Crippen LogP contribution in [0, 0.1) is 12.8 Å². The second-order valence-corrected chi connectivity index (χ2v) is 6.97. The molecule has 0 spiro atoms. The molecule has 0 bridgehead atoms. The molecule has 0 aliphatic carbocycles. The van der Waals surface area contributed by atoms with Crippen LogP contribution in [0.5, 0.6) is 5.75 Å². The van der Waals surface area contributed by atoms with Crippen molar-refractivity contribution in [1.29, 1.82) is 0 Å². The van der Waals surface area contributed by atoms with Gasteiger partial charge in [0.25, 0.3) is 0 Å². The van der Waals surface area contributed by atoms with Gasteiger partial charge in [0.1, 0.15) is 5.75 Å². The summed E-state index contributed by atoms with van der Waals surface area (Å²) in [7, 11) is 1.54. The summed E-state index contributed by atoms with van der Waals surface area (Å²) in [6, 6.07) is 3.52. The number of carbonyl (C=O) groups excluding carboxylic acids is 2. The summed E-state index contributed by atoms with van der Waals surface area (Å²) >= 11 is 6.13. The molecule has 2 aliphatic rings. The number of hydrogen-bond donors (Lipinski definition) is 1. The smallest absolute Gasteiger partial charge is 0.227 e. The van der Waals surface area contributed by atoms with E-state index in [0.717, 1.165) is 25.0 Å². The lowest BCUT2D eigenvalue weighted by Gasteiger charge is -2.21. The SMILES string of the molecule is COc1cc(Cl)c(C)cc1N1CC(C(=O)NCC2CCCO2)CC1=O. The third-order valence-electron chi connectivity index (χ3n) is 4.77. The van der Waals surface area contributed by atoms with Crippen LogP contribution in [0.1, 0.15) is 24.8 Å². The summed E-state index contributed by atoms with van der Waals surface area (Å²) in [5.41, 5.74) is 1.51. The van der Waals surface area contributed by atoms with Crippen molar-refractivity contribution in [3.05, 3.63) is 22.7 Å². The second kappa shape index (κ2) is 7.62. The van der Waals surface area contributed by atoms with Gasteiger partial charge < -0.3 is 19.7 Å². The van der Waals surface area contributed by atoms with Gasteiger partial charge >= 0.3 is 0 Å². The number of benzene rings is 1. The molecule has 1 aromatic rings. The predicted octanol–water partition coefficient (Wildman–Crippen LogP) is 2.31. The number of methoxy groups -OCH3 is 1. The zero-order valence-electron chi connectivity index (χ0n) is 14.5. The van der Waals surface area contributed by atoms with E-state index in [9.17, 15) is 9.59 Å². The number of amides is 2. The average Bonchev–Trinajstić information content (AvgIpc) is 3.24. The Hall–Kier alpha value is -1.79. The summed E-state index contributed by atoms with van der Waals surface area (Å²) in [4.78, 5) is 26.5. The van der Waals surface area contributed by atoms with E-state index in [-0.39, 0.29) is 30.3 Å². The van der Waals surface area contributed by atoms with Crippen LogP contribution < -0.4 is 15.0 Å². The largest absolute Gasteiger partial charge is 0.495 e. The first kappa shape index (κ1) is 18.0. The van der Waals surface area contributed by atoms with E-state index in [2.05, 4.69) is 5.32 Å². The van der Waals surface area contributed by atoms with Crippen molar-refractivity contribution in [2.24, 2.45) is 5.92 Å². The summed E-state index contributed by atoms with van der Waals surface area (Å²) in [6.07, 6.45) is 2.29. The lowest BCUT2D eigenvalue weighted by Crippen LogP contribution is -2.37. The number of halogens is 1. The summed E-state index contributed by atoms with van der Waals surface area (Å²) in [5.74, 6) is -0.0211. The fourth-order valence-corrected chi connectivity index (χ4v) is 3.46. The molecule has 25 heavy (non-hydrogen) atoms. The number of nitrogens with zero attached hydrogens (tertiary/aromatic N) is 1. The maximum Gasteiger partial charge on any atom is 0.227 e. The number of aryl methyl sites for hydroxylation is 1. The van der Waals surface area contributed by atoms with Gasteiger partial charge in [0.15, 0.2) is 0 Å². The van der Waals surface area contributed by atoms with Gasteiger partial charge in [0.2, 0.25) is 11.8 Å². The molecule has 2 aliphatic heterocycles. The molecule has 2 fully saturated rings. The first-order valence-corrected chi connectivity index (χ1v) is 8.91. The minimum atomic E-state index is -0.366. The molecule has 1 aromatic carbocycles. The number of rotatable bonds is 5. The Balaban J connectivity index is 1.68. The molecule has 1 N–H and O–H groups in total. The van der Waals surface area contributed by atoms with Crippen molar-refractivity contribution in [1.82, 2.24) is 5.32 Å². The van der Waals surface area contributed by atoms with E-state index < -0.39 is 0 Å². The summed E-state index contributed by atoms with van der Waals surface area (Å²) in [5, 5.41) is 3.49. The molecule has 2 saturated heterocycles. The first-order chi connectivity index (χ1) is 12.0. The Kier molecular flexibility index (Phi) is 5.49.